The number of anilines is 1. The van der Waals surface area contributed by atoms with Gasteiger partial charge in [-0.3, -0.25) is 0 Å². The van der Waals surface area contributed by atoms with E-state index in [0.29, 0.717) is 12.1 Å². The van der Waals surface area contributed by atoms with Crippen LogP contribution >= 0.6 is 0 Å². The molecule has 1 N–H and O–H groups in total. The highest BCUT2D eigenvalue weighted by Gasteiger charge is 2.12. The van der Waals surface area contributed by atoms with E-state index < -0.39 is 12.1 Å². The number of likely N-dealkylation sites (N-methyl/N-ethyl adjacent to an activating group) is 1. The Kier molecular flexibility index (Phi) is 5.39. The molecule has 0 bridgehead atoms. The topological polar surface area (TPSA) is 49.8 Å². The van der Waals surface area contributed by atoms with E-state index in [9.17, 15) is 9.90 Å². The number of benzene rings is 1. The van der Waals surface area contributed by atoms with Gasteiger partial charge in [-0.2, -0.15) is 0 Å². The summed E-state index contributed by atoms with van der Waals surface area (Å²) in [6.07, 6.45) is -0.724. The molecule has 0 amide bonds. The van der Waals surface area contributed by atoms with E-state index in [1.165, 1.54) is 0 Å². The fourth-order valence-corrected chi connectivity index (χ4v) is 1.45. The van der Waals surface area contributed by atoms with Gasteiger partial charge in [0.2, 0.25) is 0 Å². The van der Waals surface area contributed by atoms with Crippen molar-refractivity contribution in [3.63, 3.8) is 0 Å². The number of rotatable bonds is 6. The van der Waals surface area contributed by atoms with Gasteiger partial charge in [0.05, 0.1) is 0 Å². The van der Waals surface area contributed by atoms with Crippen LogP contribution in [0, 0.1) is 0 Å². The quantitative estimate of drug-likeness (QED) is 0.614. The molecule has 98 valence electrons. The number of carbonyl (C=O) groups is 1. The molecule has 1 atom stereocenters. The molecule has 18 heavy (non-hydrogen) atoms. The van der Waals surface area contributed by atoms with Crippen LogP contribution in [0.4, 0.5) is 5.69 Å². The average molecular weight is 249 g/mol. The van der Waals surface area contributed by atoms with Crippen molar-refractivity contribution in [1.29, 1.82) is 0 Å². The van der Waals surface area contributed by atoms with Crippen LogP contribution in [0.2, 0.25) is 0 Å². The molecular formula is C14H19NO3. The summed E-state index contributed by atoms with van der Waals surface area (Å²) in [6, 6.07) is 9.69. The Morgan fingerprint density at radius 3 is 2.61 bits per heavy atom. The summed E-state index contributed by atoms with van der Waals surface area (Å²) in [6.45, 7) is 5.42. The van der Waals surface area contributed by atoms with Gasteiger partial charge in [0.1, 0.15) is 12.7 Å². The van der Waals surface area contributed by atoms with Crippen LogP contribution in [0.1, 0.15) is 6.92 Å². The third kappa shape index (κ3) is 4.59. The van der Waals surface area contributed by atoms with Crippen molar-refractivity contribution in [1.82, 2.24) is 0 Å². The molecule has 0 fully saturated rings. The van der Waals surface area contributed by atoms with Crippen LogP contribution in [0.3, 0.4) is 0 Å². The Balaban J connectivity index is 2.38. The van der Waals surface area contributed by atoms with E-state index in [1.54, 1.807) is 6.92 Å². The van der Waals surface area contributed by atoms with Crippen molar-refractivity contribution in [3.05, 3.63) is 42.5 Å². The second kappa shape index (κ2) is 6.81. The molecule has 0 saturated carbocycles. The van der Waals surface area contributed by atoms with Gasteiger partial charge in [-0.05, 0) is 19.1 Å². The van der Waals surface area contributed by atoms with Crippen molar-refractivity contribution < 1.29 is 14.6 Å². The zero-order chi connectivity index (χ0) is 13.5. The largest absolute Gasteiger partial charge is 0.460 e. The third-order valence-corrected chi connectivity index (χ3v) is 2.44. The van der Waals surface area contributed by atoms with Crippen LogP contribution < -0.4 is 4.90 Å². The van der Waals surface area contributed by atoms with E-state index in [2.05, 4.69) is 6.58 Å². The molecule has 0 spiro atoms. The lowest BCUT2D eigenvalue weighted by Crippen LogP contribution is -2.32. The Bertz CT molecular complexity index is 403. The van der Waals surface area contributed by atoms with Crippen molar-refractivity contribution in [2.75, 3.05) is 25.1 Å². The summed E-state index contributed by atoms with van der Waals surface area (Å²) in [7, 11) is 1.87. The molecule has 0 aromatic heterocycles. The van der Waals surface area contributed by atoms with Crippen molar-refractivity contribution >= 4 is 11.7 Å². The number of carbonyl (C=O) groups excluding carboxylic acids is 1. The predicted molar refractivity (Wildman–Crippen MR) is 71.5 cm³/mol. The molecule has 4 nitrogen and oxygen atoms in total. The lowest BCUT2D eigenvalue weighted by molar-refractivity contribution is -0.141. The number of aliphatic hydroxyl groups excluding tert-OH is 1. The molecule has 0 saturated heterocycles. The summed E-state index contributed by atoms with van der Waals surface area (Å²) in [5, 5.41) is 9.76. The first-order valence-corrected chi connectivity index (χ1v) is 5.77. The van der Waals surface area contributed by atoms with E-state index in [1.807, 2.05) is 42.3 Å². The van der Waals surface area contributed by atoms with Crippen LogP contribution in [0.15, 0.2) is 42.5 Å². The maximum atomic E-state index is 11.2. The first-order chi connectivity index (χ1) is 8.50. The summed E-state index contributed by atoms with van der Waals surface area (Å²) in [5.41, 5.74) is 1.33. The smallest absolute Gasteiger partial charge is 0.333 e. The van der Waals surface area contributed by atoms with E-state index in [4.69, 9.17) is 4.74 Å². The van der Waals surface area contributed by atoms with Gasteiger partial charge in [-0.1, -0.05) is 24.8 Å². The number of hydrogen-bond acceptors (Lipinski definition) is 4. The summed E-state index contributed by atoms with van der Waals surface area (Å²) < 4.78 is 4.89. The number of ether oxygens (including phenoxy) is 1. The zero-order valence-corrected chi connectivity index (χ0v) is 10.8. The molecule has 0 aliphatic rings. The van der Waals surface area contributed by atoms with E-state index in [0.717, 1.165) is 5.69 Å². The highest BCUT2D eigenvalue weighted by atomic mass is 16.5. The molecule has 1 aromatic carbocycles. The van der Waals surface area contributed by atoms with Gasteiger partial charge in [-0.25, -0.2) is 4.79 Å². The monoisotopic (exact) mass is 249 g/mol. The average Bonchev–Trinajstić information content (AvgIpc) is 2.36. The third-order valence-electron chi connectivity index (χ3n) is 2.44. The van der Waals surface area contributed by atoms with Crippen LogP contribution in [0.5, 0.6) is 0 Å². The second-order valence-corrected chi connectivity index (χ2v) is 4.25. The molecule has 1 rings (SSSR count). The lowest BCUT2D eigenvalue weighted by Gasteiger charge is -2.22. The number of hydrogen-bond donors (Lipinski definition) is 1. The van der Waals surface area contributed by atoms with Crippen LogP contribution in [0.25, 0.3) is 0 Å². The summed E-state index contributed by atoms with van der Waals surface area (Å²) >= 11 is 0. The van der Waals surface area contributed by atoms with Gasteiger partial charge in [0.15, 0.2) is 0 Å². The second-order valence-electron chi connectivity index (χ2n) is 4.25. The van der Waals surface area contributed by atoms with Crippen molar-refractivity contribution in [3.8, 4) is 0 Å². The van der Waals surface area contributed by atoms with Crippen molar-refractivity contribution in [2.24, 2.45) is 0 Å². The number of aliphatic hydroxyl groups is 1. The highest BCUT2D eigenvalue weighted by molar-refractivity contribution is 5.86. The van der Waals surface area contributed by atoms with Gasteiger partial charge >= 0.3 is 5.97 Å². The first-order valence-electron chi connectivity index (χ1n) is 5.77. The van der Waals surface area contributed by atoms with E-state index in [-0.39, 0.29) is 6.61 Å². The van der Waals surface area contributed by atoms with Gasteiger partial charge in [-0.15, -0.1) is 0 Å². The Morgan fingerprint density at radius 2 is 2.06 bits per heavy atom. The molecule has 4 heteroatoms. The van der Waals surface area contributed by atoms with Gasteiger partial charge in [0.25, 0.3) is 0 Å². The SMILES string of the molecule is C=C(C)C(=O)OCC(O)CN(C)c1ccccc1. The number of para-hydroxylation sites is 1. The normalized spacial score (nSPS) is 11.7. The number of esters is 1. The maximum absolute atomic E-state index is 11.2. The zero-order valence-electron chi connectivity index (χ0n) is 10.8. The van der Waals surface area contributed by atoms with E-state index >= 15 is 0 Å². The van der Waals surface area contributed by atoms with Crippen LogP contribution in [-0.4, -0.2) is 37.4 Å². The first kappa shape index (κ1) is 14.3. The molecule has 1 aromatic rings. The highest BCUT2D eigenvalue weighted by Crippen LogP contribution is 2.11. The molecule has 1 unspecified atom stereocenters. The summed E-state index contributed by atoms with van der Waals surface area (Å²) in [5.74, 6) is -0.476. The van der Waals surface area contributed by atoms with Crippen molar-refractivity contribution in [2.45, 2.75) is 13.0 Å². The fourth-order valence-electron chi connectivity index (χ4n) is 1.45. The van der Waals surface area contributed by atoms with Crippen LogP contribution in [-0.2, 0) is 9.53 Å². The fraction of sp³-hybridized carbons (Fsp3) is 0.357. The molecule has 0 heterocycles. The standard InChI is InChI=1S/C14H19NO3/c1-11(2)14(17)18-10-13(16)9-15(3)12-7-5-4-6-8-12/h4-8,13,16H,1,9-10H2,2-3H3. The Labute approximate surface area is 107 Å². The maximum Gasteiger partial charge on any atom is 0.333 e. The summed E-state index contributed by atoms with van der Waals surface area (Å²) in [4.78, 5) is 13.1. The predicted octanol–water partition coefficient (Wildman–Crippen LogP) is 1.60. The number of nitrogens with zero attached hydrogens (tertiary/aromatic N) is 1. The van der Waals surface area contributed by atoms with Gasteiger partial charge in [0, 0.05) is 24.9 Å². The minimum Gasteiger partial charge on any atom is -0.460 e. The Hall–Kier alpha value is -1.81. The minimum absolute atomic E-state index is 0.0249. The molecule has 0 aliphatic carbocycles. The lowest BCUT2D eigenvalue weighted by atomic mass is 10.2. The molecule has 0 aliphatic heterocycles. The molecular weight excluding hydrogens is 230 g/mol. The van der Waals surface area contributed by atoms with Gasteiger partial charge < -0.3 is 14.7 Å². The minimum atomic E-state index is -0.724. The Morgan fingerprint density at radius 1 is 1.44 bits per heavy atom. The molecule has 0 radical (unpaired) electrons.